The van der Waals surface area contributed by atoms with E-state index in [4.69, 9.17) is 4.42 Å². The van der Waals surface area contributed by atoms with Gasteiger partial charge in [0.15, 0.2) is 0 Å². The van der Waals surface area contributed by atoms with Gasteiger partial charge in [0.25, 0.3) is 0 Å². The number of thiophene rings is 1. The Morgan fingerprint density at radius 3 is 1.58 bits per heavy atom. The van der Waals surface area contributed by atoms with Gasteiger partial charge in [-0.25, -0.2) is 0 Å². The summed E-state index contributed by atoms with van der Waals surface area (Å²) in [6, 6.07) is 109. The highest BCUT2D eigenvalue weighted by Gasteiger charge is 2.36. The normalized spacial score (nSPS) is 12.6. The molecule has 0 saturated heterocycles. The summed E-state index contributed by atoms with van der Waals surface area (Å²) in [5.41, 5.74) is 23.5. The molecule has 86 heavy (non-hydrogen) atoms. The van der Waals surface area contributed by atoms with Crippen LogP contribution in [0.1, 0.15) is 25.0 Å². The molecule has 0 radical (unpaired) electrons. The van der Waals surface area contributed by atoms with Gasteiger partial charge < -0.3 is 18.8 Å². The lowest BCUT2D eigenvalue weighted by Crippen LogP contribution is -2.17. The highest BCUT2D eigenvalue weighted by atomic mass is 32.1. The van der Waals surface area contributed by atoms with Crippen LogP contribution in [0.3, 0.4) is 0 Å². The summed E-state index contributed by atoms with van der Waals surface area (Å²) in [5, 5.41) is 7.07. The number of para-hydroxylation sites is 3. The molecule has 3 aromatic heterocycles. The molecule has 1 aliphatic rings. The number of hydrogen-bond donors (Lipinski definition) is 0. The third-order valence-corrected chi connectivity index (χ3v) is 19.1. The Labute approximate surface area is 502 Å². The minimum Gasteiger partial charge on any atom is -0.456 e. The van der Waals surface area contributed by atoms with Gasteiger partial charge in [-0.05, 0) is 159 Å². The van der Waals surface area contributed by atoms with Crippen molar-refractivity contribution in [3.63, 3.8) is 0 Å². The fourth-order valence-electron chi connectivity index (χ4n) is 13.9. The molecular formula is C81H55N3OS. The van der Waals surface area contributed by atoms with Gasteiger partial charge in [0.2, 0.25) is 0 Å². The van der Waals surface area contributed by atoms with E-state index in [0.717, 1.165) is 72.8 Å². The number of fused-ring (bicyclic) bond motifs is 13. The summed E-state index contributed by atoms with van der Waals surface area (Å²) >= 11 is 1.88. The van der Waals surface area contributed by atoms with Crippen LogP contribution in [0, 0.1) is 0 Å². The van der Waals surface area contributed by atoms with Crippen molar-refractivity contribution in [1.29, 1.82) is 0 Å². The molecule has 0 atom stereocenters. The highest BCUT2D eigenvalue weighted by Crippen LogP contribution is 2.54. The van der Waals surface area contributed by atoms with Crippen LogP contribution in [0.25, 0.3) is 114 Å². The Bertz CT molecular complexity index is 5310. The van der Waals surface area contributed by atoms with E-state index in [1.807, 2.05) is 17.4 Å². The maximum Gasteiger partial charge on any atom is 0.137 e. The first-order chi connectivity index (χ1) is 42.4. The second-order valence-electron chi connectivity index (χ2n) is 23.2. The largest absolute Gasteiger partial charge is 0.456 e. The third-order valence-electron chi connectivity index (χ3n) is 17.9. The van der Waals surface area contributed by atoms with Crippen molar-refractivity contribution in [3.05, 3.63) is 308 Å². The molecule has 1 aliphatic carbocycles. The third kappa shape index (κ3) is 7.96. The molecule has 16 aromatic rings. The molecule has 406 valence electrons. The minimum atomic E-state index is -0.216. The molecule has 0 bridgehead atoms. The van der Waals surface area contributed by atoms with Crippen LogP contribution in [0.15, 0.2) is 302 Å². The van der Waals surface area contributed by atoms with Crippen LogP contribution in [0.5, 0.6) is 0 Å². The highest BCUT2D eigenvalue weighted by molar-refractivity contribution is 7.26. The molecule has 0 spiro atoms. The summed E-state index contributed by atoms with van der Waals surface area (Å²) in [6.45, 7) is 4.75. The Hall–Kier alpha value is -10.7. The summed E-state index contributed by atoms with van der Waals surface area (Å²) in [5.74, 6) is 0. The van der Waals surface area contributed by atoms with Gasteiger partial charge >= 0.3 is 0 Å². The molecule has 3 heterocycles. The van der Waals surface area contributed by atoms with Crippen molar-refractivity contribution in [2.75, 3.05) is 9.80 Å². The molecule has 0 aliphatic heterocycles. The van der Waals surface area contributed by atoms with Crippen LogP contribution in [-0.4, -0.2) is 4.57 Å². The number of aromatic nitrogens is 1. The molecule has 0 unspecified atom stereocenters. The smallest absolute Gasteiger partial charge is 0.137 e. The molecule has 0 amide bonds. The zero-order valence-corrected chi connectivity index (χ0v) is 48.3. The number of furan rings is 1. The van der Waals surface area contributed by atoms with Crippen molar-refractivity contribution >= 4 is 109 Å². The fourth-order valence-corrected chi connectivity index (χ4v) is 15.1. The van der Waals surface area contributed by atoms with Crippen molar-refractivity contribution < 1.29 is 4.42 Å². The van der Waals surface area contributed by atoms with Gasteiger partial charge in [0, 0.05) is 88.3 Å². The second-order valence-corrected chi connectivity index (χ2v) is 24.3. The molecule has 0 saturated carbocycles. The van der Waals surface area contributed by atoms with E-state index >= 15 is 0 Å². The van der Waals surface area contributed by atoms with E-state index in [1.54, 1.807) is 0 Å². The number of rotatable bonds is 10. The van der Waals surface area contributed by atoms with Crippen LogP contribution < -0.4 is 9.80 Å². The van der Waals surface area contributed by atoms with Gasteiger partial charge in [-0.2, -0.15) is 0 Å². The lowest BCUT2D eigenvalue weighted by Gasteiger charge is -2.31. The van der Waals surface area contributed by atoms with E-state index in [-0.39, 0.29) is 5.41 Å². The average molecular weight is 1120 g/mol. The molecule has 0 fully saturated rings. The van der Waals surface area contributed by atoms with Crippen molar-refractivity contribution in [2.24, 2.45) is 0 Å². The minimum absolute atomic E-state index is 0.216. The van der Waals surface area contributed by atoms with Crippen molar-refractivity contribution in [2.45, 2.75) is 19.3 Å². The SMILES string of the molecule is CC1(C)c2ccccc2-c2ccc(N(c3ccc(-c4ccccc4)cc3)c3cc(-c4cc5c6ccccc6n(-c6ccc7c(c6)oc6ccccc67)c5c5sc6ccccc6c45)cc(N(c4ccccc4)c4ccc(-c5ccccc5)cc4)c3)cc21. The maximum absolute atomic E-state index is 6.60. The first kappa shape index (κ1) is 49.9. The lowest BCUT2D eigenvalue weighted by molar-refractivity contribution is 0.660. The monoisotopic (exact) mass is 1120 g/mol. The first-order valence-electron chi connectivity index (χ1n) is 29.5. The van der Waals surface area contributed by atoms with E-state index in [1.165, 1.54) is 86.5 Å². The van der Waals surface area contributed by atoms with Gasteiger partial charge in [0.1, 0.15) is 11.2 Å². The van der Waals surface area contributed by atoms with Crippen LogP contribution in [0.2, 0.25) is 0 Å². The lowest BCUT2D eigenvalue weighted by atomic mass is 9.82. The Kier molecular flexibility index (Phi) is 11.4. The zero-order valence-electron chi connectivity index (χ0n) is 47.4. The number of nitrogens with zero attached hydrogens (tertiary/aromatic N) is 3. The quantitative estimate of drug-likeness (QED) is 0.136. The standard InChI is InChI=1S/C81H55N3OS/c1-81(2)72-30-16-12-26-64(72)65-44-42-60(49-73(65)81)83(59-40-36-55(37-41-59)53-22-8-4-9-23-53)63-47-56(46-62(48-63)82(57-24-10-5-11-25-57)58-38-34-54(35-39-58)52-20-6-3-7-21-52)70-51-71-66-27-13-17-31-74(66)84(79(71)80-78(70)69-29-15-19-33-77(69)86-80)61-43-45-68-67-28-14-18-32-75(67)85-76(68)50-61/h3-51H,1-2H3. The predicted molar refractivity (Wildman–Crippen MR) is 364 cm³/mol. The molecular weight excluding hydrogens is 1060 g/mol. The molecule has 17 rings (SSSR count). The molecule has 0 N–H and O–H groups in total. The van der Waals surface area contributed by atoms with Gasteiger partial charge in [-0.1, -0.05) is 202 Å². The van der Waals surface area contributed by atoms with Crippen molar-refractivity contribution in [1.82, 2.24) is 4.57 Å². The summed E-state index contributed by atoms with van der Waals surface area (Å²) in [6.07, 6.45) is 0. The Morgan fingerprint density at radius 1 is 0.337 bits per heavy atom. The van der Waals surface area contributed by atoms with E-state index in [0.29, 0.717) is 0 Å². The predicted octanol–water partition coefficient (Wildman–Crippen LogP) is 23.3. The topological polar surface area (TPSA) is 24.6 Å². The summed E-state index contributed by atoms with van der Waals surface area (Å²) in [7, 11) is 0. The second kappa shape index (κ2) is 19.7. The van der Waals surface area contributed by atoms with E-state index in [9.17, 15) is 0 Å². The zero-order chi connectivity index (χ0) is 57.0. The molecule has 13 aromatic carbocycles. The summed E-state index contributed by atoms with van der Waals surface area (Å²) in [4.78, 5) is 4.92. The number of hydrogen-bond acceptors (Lipinski definition) is 4. The average Bonchev–Trinajstić information content (AvgIpc) is 1.67. The maximum atomic E-state index is 6.60. The van der Waals surface area contributed by atoms with Gasteiger partial charge in [-0.3, -0.25) is 0 Å². The number of anilines is 6. The van der Waals surface area contributed by atoms with E-state index < -0.39 is 0 Å². The van der Waals surface area contributed by atoms with Gasteiger partial charge in [0.05, 0.1) is 15.7 Å². The van der Waals surface area contributed by atoms with E-state index in [2.05, 4.69) is 319 Å². The first-order valence-corrected chi connectivity index (χ1v) is 30.4. The van der Waals surface area contributed by atoms with Crippen LogP contribution >= 0.6 is 11.3 Å². The molecule has 5 heteroatoms. The number of benzene rings is 13. The van der Waals surface area contributed by atoms with Crippen LogP contribution in [0.4, 0.5) is 34.1 Å². The Balaban J connectivity index is 0.954. The van der Waals surface area contributed by atoms with Crippen LogP contribution in [-0.2, 0) is 5.41 Å². The fraction of sp³-hybridized carbons (Fsp3) is 0.0370. The summed E-state index contributed by atoms with van der Waals surface area (Å²) < 4.78 is 11.5. The van der Waals surface area contributed by atoms with Gasteiger partial charge in [-0.15, -0.1) is 11.3 Å². The van der Waals surface area contributed by atoms with Crippen molar-refractivity contribution in [3.8, 4) is 50.2 Å². The Morgan fingerprint density at radius 2 is 0.872 bits per heavy atom. The molecule has 4 nitrogen and oxygen atoms in total.